The van der Waals surface area contributed by atoms with Crippen LogP contribution in [-0.4, -0.2) is 30.7 Å². The van der Waals surface area contributed by atoms with Crippen molar-refractivity contribution in [1.29, 1.82) is 0 Å². The predicted octanol–water partition coefficient (Wildman–Crippen LogP) is 4.19. The third kappa shape index (κ3) is 3.36. The molecule has 0 unspecified atom stereocenters. The molecule has 1 amide bonds. The number of nitrogens with zero attached hydrogens (tertiary/aromatic N) is 1. The highest BCUT2D eigenvalue weighted by molar-refractivity contribution is 7.89. The van der Waals surface area contributed by atoms with Gasteiger partial charge >= 0.3 is 0 Å². The molecule has 7 heteroatoms. The van der Waals surface area contributed by atoms with Gasteiger partial charge in [-0.1, -0.05) is 24.3 Å². The van der Waals surface area contributed by atoms with Crippen molar-refractivity contribution in [3.8, 4) is 0 Å². The molecule has 2 aromatic rings. The second-order valence-electron chi connectivity index (χ2n) is 10.1. The third-order valence-corrected chi connectivity index (χ3v) is 10.9. The van der Waals surface area contributed by atoms with Crippen molar-refractivity contribution in [2.75, 3.05) is 6.54 Å². The summed E-state index contributed by atoms with van der Waals surface area (Å²) in [5.74, 6) is 1.98. The van der Waals surface area contributed by atoms with Gasteiger partial charge in [0.15, 0.2) is 0 Å². The van der Waals surface area contributed by atoms with Crippen LogP contribution in [0, 0.1) is 17.8 Å². The van der Waals surface area contributed by atoms with E-state index in [2.05, 4.69) is 11.4 Å². The minimum atomic E-state index is -3.72. The lowest BCUT2D eigenvalue weighted by Gasteiger charge is -2.56. The van der Waals surface area contributed by atoms with E-state index in [-0.39, 0.29) is 16.3 Å². The molecule has 164 valence electrons. The Morgan fingerprint density at radius 1 is 1.00 bits per heavy atom. The van der Waals surface area contributed by atoms with Gasteiger partial charge in [0.25, 0.3) is 5.91 Å². The minimum absolute atomic E-state index is 0.124. The summed E-state index contributed by atoms with van der Waals surface area (Å²) in [5.41, 5.74) is 2.13. The maximum Gasteiger partial charge on any atom is 0.263 e. The van der Waals surface area contributed by atoms with Crippen molar-refractivity contribution in [1.82, 2.24) is 9.62 Å². The van der Waals surface area contributed by atoms with Crippen LogP contribution in [0.1, 0.15) is 59.3 Å². The number of hydrogen-bond acceptors (Lipinski definition) is 4. The van der Waals surface area contributed by atoms with E-state index in [0.29, 0.717) is 24.4 Å². The van der Waals surface area contributed by atoms with Crippen LogP contribution in [0.25, 0.3) is 0 Å². The Bertz CT molecular complexity index is 1100. The molecule has 0 spiro atoms. The second-order valence-corrected chi connectivity index (χ2v) is 12.9. The molecule has 1 N–H and O–H groups in total. The van der Waals surface area contributed by atoms with E-state index in [9.17, 15) is 13.2 Å². The van der Waals surface area contributed by atoms with E-state index in [1.165, 1.54) is 40.5 Å². The van der Waals surface area contributed by atoms with Gasteiger partial charge in [-0.15, -0.1) is 11.3 Å². The molecule has 2 heterocycles. The molecular formula is C24H28N2O3S2. The molecule has 4 aliphatic carbocycles. The zero-order valence-electron chi connectivity index (χ0n) is 17.5. The number of rotatable bonds is 4. The Labute approximate surface area is 187 Å². The van der Waals surface area contributed by atoms with Crippen molar-refractivity contribution in [3.05, 3.63) is 51.7 Å². The predicted molar refractivity (Wildman–Crippen MR) is 120 cm³/mol. The van der Waals surface area contributed by atoms with Gasteiger partial charge in [-0.3, -0.25) is 4.79 Å². The van der Waals surface area contributed by atoms with E-state index in [4.69, 9.17) is 0 Å². The number of fused-ring (bicyclic) bond motifs is 1. The van der Waals surface area contributed by atoms with Crippen molar-refractivity contribution < 1.29 is 13.2 Å². The number of amides is 1. The first-order chi connectivity index (χ1) is 14.9. The van der Waals surface area contributed by atoms with Crippen molar-refractivity contribution in [2.24, 2.45) is 17.8 Å². The van der Waals surface area contributed by atoms with Crippen LogP contribution in [0.3, 0.4) is 0 Å². The van der Waals surface area contributed by atoms with Crippen molar-refractivity contribution in [2.45, 2.75) is 61.9 Å². The summed E-state index contributed by atoms with van der Waals surface area (Å²) in [4.78, 5) is 13.9. The van der Waals surface area contributed by atoms with Crippen LogP contribution >= 0.6 is 11.3 Å². The number of carbonyl (C=O) groups is 1. The SMILES string of the molecule is O=C(NC12CC3CC(CC(C3)C1)C2)c1sccc1S(=O)(=O)N1CCc2ccccc2C1. The highest BCUT2D eigenvalue weighted by Crippen LogP contribution is 2.55. The summed E-state index contributed by atoms with van der Waals surface area (Å²) >= 11 is 1.24. The number of thiophene rings is 1. The number of hydrogen-bond donors (Lipinski definition) is 1. The summed E-state index contributed by atoms with van der Waals surface area (Å²) in [5, 5.41) is 5.08. The van der Waals surface area contributed by atoms with Crippen LogP contribution in [-0.2, 0) is 23.0 Å². The van der Waals surface area contributed by atoms with E-state index in [1.54, 1.807) is 11.4 Å². The maximum atomic E-state index is 13.5. The summed E-state index contributed by atoms with van der Waals surface area (Å²) in [6, 6.07) is 9.60. The maximum absolute atomic E-state index is 13.5. The number of nitrogens with one attached hydrogen (secondary N) is 1. The average Bonchev–Trinajstić information content (AvgIpc) is 3.23. The first-order valence-electron chi connectivity index (χ1n) is 11.4. The van der Waals surface area contributed by atoms with E-state index in [1.807, 2.05) is 18.2 Å². The fourth-order valence-corrected chi connectivity index (χ4v) is 9.76. The lowest BCUT2D eigenvalue weighted by atomic mass is 9.53. The standard InChI is InChI=1S/C24H28N2O3S2/c27-23(25-24-12-16-9-17(13-24)11-18(10-16)14-24)22-21(6-8-30-22)31(28,29)26-7-5-19-3-1-2-4-20(19)15-26/h1-4,6,8,16-18H,5,7,9-15H2,(H,25,27). The fraction of sp³-hybridized carbons (Fsp3) is 0.542. The largest absolute Gasteiger partial charge is 0.346 e. The smallest absolute Gasteiger partial charge is 0.263 e. The van der Waals surface area contributed by atoms with Crippen LogP contribution in [0.4, 0.5) is 0 Å². The van der Waals surface area contributed by atoms with Gasteiger partial charge in [0.1, 0.15) is 9.77 Å². The molecule has 0 saturated heterocycles. The topological polar surface area (TPSA) is 66.5 Å². The number of sulfonamides is 1. The van der Waals surface area contributed by atoms with E-state index < -0.39 is 10.0 Å². The van der Waals surface area contributed by atoms with E-state index >= 15 is 0 Å². The highest BCUT2D eigenvalue weighted by Gasteiger charge is 2.51. The van der Waals surface area contributed by atoms with Crippen LogP contribution in [0.5, 0.6) is 0 Å². The molecule has 31 heavy (non-hydrogen) atoms. The van der Waals surface area contributed by atoms with Crippen LogP contribution in [0.15, 0.2) is 40.6 Å². The molecule has 4 bridgehead atoms. The van der Waals surface area contributed by atoms with Crippen molar-refractivity contribution >= 4 is 27.3 Å². The molecule has 5 nitrogen and oxygen atoms in total. The summed E-state index contributed by atoms with van der Waals surface area (Å²) in [6.07, 6.45) is 7.80. The lowest BCUT2D eigenvalue weighted by molar-refractivity contribution is -0.0166. The van der Waals surface area contributed by atoms with Gasteiger partial charge in [0.2, 0.25) is 10.0 Å². The monoisotopic (exact) mass is 456 g/mol. The summed E-state index contributed by atoms with van der Waals surface area (Å²) in [6.45, 7) is 0.815. The van der Waals surface area contributed by atoms with Gasteiger partial charge in [-0.25, -0.2) is 8.42 Å². The molecule has 0 radical (unpaired) electrons. The molecule has 1 aromatic heterocycles. The molecule has 5 aliphatic rings. The molecule has 1 aromatic carbocycles. The molecule has 4 fully saturated rings. The molecule has 0 atom stereocenters. The van der Waals surface area contributed by atoms with E-state index in [0.717, 1.165) is 42.6 Å². The molecular weight excluding hydrogens is 428 g/mol. The molecule has 7 rings (SSSR count). The van der Waals surface area contributed by atoms with Gasteiger partial charge in [0, 0.05) is 18.6 Å². The number of benzene rings is 1. The van der Waals surface area contributed by atoms with Gasteiger partial charge in [-0.05, 0) is 85.3 Å². The molecule has 4 saturated carbocycles. The van der Waals surface area contributed by atoms with Crippen LogP contribution < -0.4 is 5.32 Å². The quantitative estimate of drug-likeness (QED) is 0.750. The summed E-state index contributed by atoms with van der Waals surface area (Å²) in [7, 11) is -3.72. The summed E-state index contributed by atoms with van der Waals surface area (Å²) < 4.78 is 28.5. The minimum Gasteiger partial charge on any atom is -0.346 e. The lowest BCUT2D eigenvalue weighted by Crippen LogP contribution is -2.59. The van der Waals surface area contributed by atoms with Crippen LogP contribution in [0.2, 0.25) is 0 Å². The highest BCUT2D eigenvalue weighted by atomic mass is 32.2. The zero-order chi connectivity index (χ0) is 21.2. The van der Waals surface area contributed by atoms with Gasteiger partial charge in [-0.2, -0.15) is 4.31 Å². The van der Waals surface area contributed by atoms with Gasteiger partial charge < -0.3 is 5.32 Å². The Morgan fingerprint density at radius 3 is 2.32 bits per heavy atom. The third-order valence-electron chi connectivity index (χ3n) is 7.97. The second kappa shape index (κ2) is 7.15. The first-order valence-corrected chi connectivity index (χ1v) is 13.7. The van der Waals surface area contributed by atoms with Gasteiger partial charge in [0.05, 0.1) is 0 Å². The normalized spacial score (nSPS) is 32.1. The first kappa shape index (κ1) is 19.9. The number of carbonyl (C=O) groups excluding carboxylic acids is 1. The Morgan fingerprint density at radius 2 is 1.65 bits per heavy atom. The zero-order valence-corrected chi connectivity index (χ0v) is 19.2. The average molecular weight is 457 g/mol. The Balaban J connectivity index is 1.25. The Kier molecular flexibility index (Phi) is 4.60. The molecule has 1 aliphatic heterocycles. The Hall–Kier alpha value is -1.70. The van der Waals surface area contributed by atoms with Crippen molar-refractivity contribution in [3.63, 3.8) is 0 Å². The fourth-order valence-electron chi connectivity index (χ4n) is 7.04.